The zero-order valence-electron chi connectivity index (χ0n) is 11.6. The van der Waals surface area contributed by atoms with E-state index in [1.54, 1.807) is 0 Å². The third kappa shape index (κ3) is 7.39. The summed E-state index contributed by atoms with van der Waals surface area (Å²) in [5.41, 5.74) is 0. The number of nitrogens with zero attached hydrogens (tertiary/aromatic N) is 2. The van der Waals surface area contributed by atoms with Crippen LogP contribution in [0.3, 0.4) is 0 Å². The van der Waals surface area contributed by atoms with E-state index in [9.17, 15) is 10.1 Å². The van der Waals surface area contributed by atoms with E-state index in [0.29, 0.717) is 11.1 Å². The highest BCUT2D eigenvalue weighted by Crippen LogP contribution is 2.12. The molecule has 0 aromatic heterocycles. The third-order valence-corrected chi connectivity index (χ3v) is 3.69. The van der Waals surface area contributed by atoms with Crippen LogP contribution in [0.5, 0.6) is 0 Å². The molecule has 1 heterocycles. The molecule has 1 aliphatic heterocycles. The Labute approximate surface area is 118 Å². The highest BCUT2D eigenvalue weighted by atomic mass is 32.2. The van der Waals surface area contributed by atoms with Crippen LogP contribution < -0.4 is 5.32 Å². The number of rotatable bonds is 9. The van der Waals surface area contributed by atoms with E-state index < -0.39 is 4.92 Å². The second kappa shape index (κ2) is 9.17. The lowest BCUT2D eigenvalue weighted by Gasteiger charge is -2.20. The molecule has 0 radical (unpaired) electrons. The molecule has 1 aliphatic rings. The predicted molar refractivity (Wildman–Crippen MR) is 77.7 cm³/mol. The Hall–Kier alpha value is -0.790. The second-order valence-electron chi connectivity index (χ2n) is 4.66. The van der Waals surface area contributed by atoms with Crippen molar-refractivity contribution in [2.75, 3.05) is 39.5 Å². The van der Waals surface area contributed by atoms with Gasteiger partial charge in [0.2, 0.25) is 0 Å². The number of nitrogens with one attached hydrogen (secondary N) is 1. The molecule has 110 valence electrons. The van der Waals surface area contributed by atoms with E-state index in [-0.39, 0.29) is 0 Å². The highest BCUT2D eigenvalue weighted by Gasteiger charge is 2.16. The van der Waals surface area contributed by atoms with Crippen molar-refractivity contribution >= 4 is 11.8 Å². The first-order chi connectivity index (χ1) is 9.11. The Morgan fingerprint density at radius 3 is 3.05 bits per heavy atom. The van der Waals surface area contributed by atoms with Crippen molar-refractivity contribution < 1.29 is 9.66 Å². The molecule has 1 fully saturated rings. The van der Waals surface area contributed by atoms with E-state index in [4.69, 9.17) is 4.74 Å². The van der Waals surface area contributed by atoms with Gasteiger partial charge in [0.25, 0.3) is 6.20 Å². The lowest BCUT2D eigenvalue weighted by molar-refractivity contribution is -0.403. The van der Waals surface area contributed by atoms with Gasteiger partial charge in [-0.25, -0.2) is 0 Å². The number of ether oxygens (including phenoxy) is 1. The van der Waals surface area contributed by atoms with Crippen molar-refractivity contribution in [2.45, 2.75) is 25.4 Å². The van der Waals surface area contributed by atoms with Gasteiger partial charge in [0, 0.05) is 19.7 Å². The average molecular weight is 289 g/mol. The maximum absolute atomic E-state index is 10.4. The van der Waals surface area contributed by atoms with Gasteiger partial charge in [-0.3, -0.25) is 10.1 Å². The minimum Gasteiger partial charge on any atom is -0.377 e. The molecule has 1 rings (SSSR count). The summed E-state index contributed by atoms with van der Waals surface area (Å²) in [6.07, 6.45) is 6.51. The van der Waals surface area contributed by atoms with Crippen LogP contribution in [0.15, 0.2) is 11.2 Å². The molecular weight excluding hydrogens is 266 g/mol. The molecule has 0 bridgehead atoms. The van der Waals surface area contributed by atoms with Crippen LogP contribution in [-0.2, 0) is 4.74 Å². The first-order valence-corrected chi connectivity index (χ1v) is 7.77. The van der Waals surface area contributed by atoms with E-state index in [0.717, 1.165) is 45.3 Å². The average Bonchev–Trinajstić information content (AvgIpc) is 2.85. The first kappa shape index (κ1) is 16.3. The Kier molecular flexibility index (Phi) is 7.85. The van der Waals surface area contributed by atoms with Gasteiger partial charge in [0.15, 0.2) is 0 Å². The van der Waals surface area contributed by atoms with Crippen LogP contribution in [0.25, 0.3) is 0 Å². The molecule has 6 nitrogen and oxygen atoms in total. The lowest BCUT2D eigenvalue weighted by atomic mass is 10.2. The molecule has 0 amide bonds. The number of nitro groups is 1. The number of hydrogen-bond acceptors (Lipinski definition) is 6. The standard InChI is InChI=1S/C12H23N3O3S/c1-14(9-11-5-3-8-18-11)7-4-6-13-12(19-2)10-15(16)17/h10-11,13H,3-9H2,1-2H3. The summed E-state index contributed by atoms with van der Waals surface area (Å²) >= 11 is 1.36. The molecule has 1 saturated heterocycles. The maximum Gasteiger partial charge on any atom is 0.263 e. The summed E-state index contributed by atoms with van der Waals surface area (Å²) in [6, 6.07) is 0. The van der Waals surface area contributed by atoms with Gasteiger partial charge in [-0.05, 0) is 39.1 Å². The molecule has 1 atom stereocenters. The molecule has 7 heteroatoms. The van der Waals surface area contributed by atoms with Crippen molar-refractivity contribution in [3.05, 3.63) is 21.3 Å². The quantitative estimate of drug-likeness (QED) is 0.394. The molecule has 0 saturated carbocycles. The van der Waals surface area contributed by atoms with Crippen LogP contribution >= 0.6 is 11.8 Å². The van der Waals surface area contributed by atoms with E-state index in [2.05, 4.69) is 17.3 Å². The van der Waals surface area contributed by atoms with Crippen LogP contribution in [0, 0.1) is 10.1 Å². The maximum atomic E-state index is 10.4. The molecule has 19 heavy (non-hydrogen) atoms. The van der Waals surface area contributed by atoms with Crippen molar-refractivity contribution in [3.63, 3.8) is 0 Å². The fraction of sp³-hybridized carbons (Fsp3) is 0.833. The van der Waals surface area contributed by atoms with E-state index in [1.807, 2.05) is 6.26 Å². The molecule has 0 aliphatic carbocycles. The SMILES string of the molecule is CSC(=C[N+](=O)[O-])NCCCN(C)CC1CCCO1. The summed E-state index contributed by atoms with van der Waals surface area (Å²) in [7, 11) is 2.09. The fourth-order valence-corrected chi connectivity index (χ4v) is 2.49. The topological polar surface area (TPSA) is 67.6 Å². The molecule has 0 spiro atoms. The zero-order chi connectivity index (χ0) is 14.1. The lowest BCUT2D eigenvalue weighted by Crippen LogP contribution is -2.31. The van der Waals surface area contributed by atoms with Crippen molar-refractivity contribution in [1.29, 1.82) is 0 Å². The van der Waals surface area contributed by atoms with Gasteiger partial charge in [-0.15, -0.1) is 11.8 Å². The van der Waals surface area contributed by atoms with Gasteiger partial charge < -0.3 is 15.0 Å². The van der Waals surface area contributed by atoms with Crippen LogP contribution in [-0.4, -0.2) is 55.5 Å². The van der Waals surface area contributed by atoms with Gasteiger partial charge in [-0.2, -0.15) is 0 Å². The highest BCUT2D eigenvalue weighted by molar-refractivity contribution is 8.02. The minimum absolute atomic E-state index is 0.383. The Bertz CT molecular complexity index is 307. The van der Waals surface area contributed by atoms with Crippen molar-refractivity contribution in [3.8, 4) is 0 Å². The predicted octanol–water partition coefficient (Wildman–Crippen LogP) is 1.52. The van der Waals surface area contributed by atoms with Crippen LogP contribution in [0.4, 0.5) is 0 Å². The number of hydrogen-bond donors (Lipinski definition) is 1. The summed E-state index contributed by atoms with van der Waals surface area (Å²) in [5, 5.41) is 14.0. The molecule has 0 aromatic rings. The monoisotopic (exact) mass is 289 g/mol. The van der Waals surface area contributed by atoms with E-state index >= 15 is 0 Å². The van der Waals surface area contributed by atoms with E-state index in [1.165, 1.54) is 18.2 Å². The Morgan fingerprint density at radius 1 is 1.68 bits per heavy atom. The smallest absolute Gasteiger partial charge is 0.263 e. The Balaban J connectivity index is 2.10. The van der Waals surface area contributed by atoms with Crippen molar-refractivity contribution in [1.82, 2.24) is 10.2 Å². The largest absolute Gasteiger partial charge is 0.377 e. The normalized spacial score (nSPS) is 19.9. The molecule has 1 unspecified atom stereocenters. The van der Waals surface area contributed by atoms with Crippen LogP contribution in [0.1, 0.15) is 19.3 Å². The first-order valence-electron chi connectivity index (χ1n) is 6.55. The summed E-state index contributed by atoms with van der Waals surface area (Å²) in [5.74, 6) is 0. The molecule has 0 aromatic carbocycles. The minimum atomic E-state index is -0.428. The summed E-state index contributed by atoms with van der Waals surface area (Å²) < 4.78 is 5.58. The number of thioether (sulfide) groups is 1. The molecular formula is C12H23N3O3S. The van der Waals surface area contributed by atoms with Gasteiger partial charge in [0.05, 0.1) is 11.0 Å². The third-order valence-electron chi connectivity index (χ3n) is 3.00. The Morgan fingerprint density at radius 2 is 2.47 bits per heavy atom. The summed E-state index contributed by atoms with van der Waals surface area (Å²) in [4.78, 5) is 12.2. The second-order valence-corrected chi connectivity index (χ2v) is 5.51. The zero-order valence-corrected chi connectivity index (χ0v) is 12.4. The van der Waals surface area contributed by atoms with Crippen molar-refractivity contribution in [2.24, 2.45) is 0 Å². The van der Waals surface area contributed by atoms with Gasteiger partial charge in [-0.1, -0.05) is 0 Å². The summed E-state index contributed by atoms with van der Waals surface area (Å²) in [6.45, 7) is 3.58. The molecule has 1 N–H and O–H groups in total. The van der Waals surface area contributed by atoms with Crippen LogP contribution in [0.2, 0.25) is 0 Å². The van der Waals surface area contributed by atoms with Gasteiger partial charge >= 0.3 is 0 Å². The number of likely N-dealkylation sites (N-methyl/N-ethyl adjacent to an activating group) is 1. The fourth-order valence-electron chi connectivity index (χ4n) is 2.05. The van der Waals surface area contributed by atoms with Gasteiger partial charge in [0.1, 0.15) is 5.03 Å².